The van der Waals surface area contributed by atoms with Gasteiger partial charge >= 0.3 is 17.9 Å². The van der Waals surface area contributed by atoms with Crippen LogP contribution in [-0.2, 0) is 28.6 Å². The first-order valence-corrected chi connectivity index (χ1v) is 27.1. The second-order valence-corrected chi connectivity index (χ2v) is 18.1. The van der Waals surface area contributed by atoms with Crippen molar-refractivity contribution in [3.8, 4) is 0 Å². The fraction of sp³-hybridized carbons (Fsp3) is 0.807. The Morgan fingerprint density at radius 3 is 0.968 bits per heavy atom. The fourth-order valence-electron chi connectivity index (χ4n) is 7.62. The van der Waals surface area contributed by atoms with Crippen molar-refractivity contribution >= 4 is 17.9 Å². The molecule has 0 saturated heterocycles. The van der Waals surface area contributed by atoms with Crippen LogP contribution in [-0.4, -0.2) is 37.2 Å². The topological polar surface area (TPSA) is 78.9 Å². The predicted octanol–water partition coefficient (Wildman–Crippen LogP) is 17.9. The first-order chi connectivity index (χ1) is 31.0. The molecule has 6 heteroatoms. The largest absolute Gasteiger partial charge is 0.462 e. The second-order valence-electron chi connectivity index (χ2n) is 18.1. The molecule has 0 aliphatic heterocycles. The van der Waals surface area contributed by atoms with Gasteiger partial charge in [0.25, 0.3) is 0 Å². The molecule has 0 aliphatic carbocycles. The minimum absolute atomic E-state index is 0.0807. The monoisotopic (exact) mass is 883 g/mol. The van der Waals surface area contributed by atoms with E-state index >= 15 is 0 Å². The van der Waals surface area contributed by atoms with Crippen LogP contribution in [0.5, 0.6) is 0 Å². The smallest absolute Gasteiger partial charge is 0.306 e. The van der Waals surface area contributed by atoms with Crippen LogP contribution in [0.2, 0.25) is 0 Å². The van der Waals surface area contributed by atoms with Crippen molar-refractivity contribution in [3.63, 3.8) is 0 Å². The van der Waals surface area contributed by atoms with Gasteiger partial charge in [0.1, 0.15) is 13.2 Å². The van der Waals surface area contributed by atoms with Gasteiger partial charge in [-0.25, -0.2) is 0 Å². The maximum atomic E-state index is 12.8. The summed E-state index contributed by atoms with van der Waals surface area (Å²) in [6.07, 6.45) is 62.3. The lowest BCUT2D eigenvalue weighted by atomic mass is 10.1. The quantitative estimate of drug-likeness (QED) is 0.0262. The Morgan fingerprint density at radius 1 is 0.317 bits per heavy atom. The first kappa shape index (κ1) is 60.4. The van der Waals surface area contributed by atoms with Crippen molar-refractivity contribution in [2.75, 3.05) is 13.2 Å². The number of ether oxygens (including phenoxy) is 3. The summed E-state index contributed by atoms with van der Waals surface area (Å²) in [5.41, 5.74) is 0. The molecule has 0 heterocycles. The third kappa shape index (κ3) is 50.2. The number of carbonyl (C=O) groups excluding carboxylic acids is 3. The van der Waals surface area contributed by atoms with Crippen LogP contribution in [0.1, 0.15) is 278 Å². The molecule has 0 aliphatic rings. The van der Waals surface area contributed by atoms with Gasteiger partial charge in [0.15, 0.2) is 6.10 Å². The molecule has 0 unspecified atom stereocenters. The van der Waals surface area contributed by atoms with Crippen LogP contribution < -0.4 is 0 Å². The number of hydrogen-bond donors (Lipinski definition) is 0. The molecule has 6 nitrogen and oxygen atoms in total. The van der Waals surface area contributed by atoms with E-state index < -0.39 is 6.10 Å². The maximum Gasteiger partial charge on any atom is 0.306 e. The molecule has 366 valence electrons. The van der Waals surface area contributed by atoms with Gasteiger partial charge in [-0.3, -0.25) is 14.4 Å². The minimum Gasteiger partial charge on any atom is -0.462 e. The van der Waals surface area contributed by atoms with Crippen molar-refractivity contribution in [1.29, 1.82) is 0 Å². The molecule has 0 amide bonds. The summed E-state index contributed by atoms with van der Waals surface area (Å²) in [6, 6.07) is 0. The van der Waals surface area contributed by atoms with Crippen molar-refractivity contribution in [3.05, 3.63) is 48.6 Å². The van der Waals surface area contributed by atoms with Crippen molar-refractivity contribution < 1.29 is 28.6 Å². The van der Waals surface area contributed by atoms with Crippen LogP contribution in [0.3, 0.4) is 0 Å². The summed E-state index contributed by atoms with van der Waals surface area (Å²) >= 11 is 0. The molecule has 0 aromatic rings. The highest BCUT2D eigenvalue weighted by Crippen LogP contribution is 2.15. The van der Waals surface area contributed by atoms with E-state index in [-0.39, 0.29) is 31.1 Å². The first-order valence-electron chi connectivity index (χ1n) is 27.1. The lowest BCUT2D eigenvalue weighted by molar-refractivity contribution is -0.167. The SMILES string of the molecule is CCCC/C=C\CCCCCCCC(=O)OC[C@@H](COC(=O)CCCCCCCCC/C=C\C/C=C\CCCCC)OC(=O)CCCCCCCCC/C=C\CCCCCCCC. The second kappa shape index (κ2) is 52.0. The van der Waals surface area contributed by atoms with Gasteiger partial charge in [0, 0.05) is 19.3 Å². The highest BCUT2D eigenvalue weighted by atomic mass is 16.6. The van der Waals surface area contributed by atoms with E-state index in [1.54, 1.807) is 0 Å². The lowest BCUT2D eigenvalue weighted by Crippen LogP contribution is -2.30. The normalized spacial score (nSPS) is 12.4. The molecule has 0 radical (unpaired) electrons. The van der Waals surface area contributed by atoms with Crippen LogP contribution in [0.15, 0.2) is 48.6 Å². The Morgan fingerprint density at radius 2 is 0.587 bits per heavy atom. The van der Waals surface area contributed by atoms with Gasteiger partial charge in [-0.05, 0) is 96.3 Å². The number of allylic oxidation sites excluding steroid dienone is 8. The Balaban J connectivity index is 4.36. The average molecular weight is 883 g/mol. The molecule has 0 spiro atoms. The van der Waals surface area contributed by atoms with Gasteiger partial charge in [-0.2, -0.15) is 0 Å². The Hall–Kier alpha value is -2.63. The number of esters is 3. The van der Waals surface area contributed by atoms with Crippen LogP contribution in [0.25, 0.3) is 0 Å². The summed E-state index contributed by atoms with van der Waals surface area (Å²) in [7, 11) is 0. The standard InChI is InChI=1S/C57H102O6/c1-4-7-10-13-16-19-22-24-26-28-30-32-35-38-41-44-47-50-56(59)62-53-54(52-61-55(58)49-46-43-40-37-34-21-18-15-12-9-6-3)63-57(60)51-48-45-42-39-36-33-31-29-27-25-23-20-17-14-11-8-5-2/h15-16,18-19,24-27,54H,4-14,17,20-23,28-53H2,1-3H3/b18-15-,19-16-,26-24-,27-25-/t54-/m0/s1. The summed E-state index contributed by atoms with van der Waals surface area (Å²) in [5, 5.41) is 0. The third-order valence-electron chi connectivity index (χ3n) is 11.8. The van der Waals surface area contributed by atoms with Gasteiger partial charge < -0.3 is 14.2 Å². The molecule has 0 N–H and O–H groups in total. The zero-order chi connectivity index (χ0) is 45.8. The van der Waals surface area contributed by atoms with Crippen molar-refractivity contribution in [2.45, 2.75) is 284 Å². The van der Waals surface area contributed by atoms with Crippen molar-refractivity contribution in [2.24, 2.45) is 0 Å². The van der Waals surface area contributed by atoms with Crippen molar-refractivity contribution in [1.82, 2.24) is 0 Å². The molecular weight excluding hydrogens is 781 g/mol. The fourth-order valence-corrected chi connectivity index (χ4v) is 7.62. The molecule has 0 aromatic heterocycles. The van der Waals surface area contributed by atoms with Gasteiger partial charge in [-0.1, -0.05) is 211 Å². The molecule has 0 saturated carbocycles. The molecule has 63 heavy (non-hydrogen) atoms. The minimum atomic E-state index is -0.780. The van der Waals surface area contributed by atoms with E-state index in [0.717, 1.165) is 77.0 Å². The third-order valence-corrected chi connectivity index (χ3v) is 11.8. The maximum absolute atomic E-state index is 12.8. The lowest BCUT2D eigenvalue weighted by Gasteiger charge is -2.18. The predicted molar refractivity (Wildman–Crippen MR) is 270 cm³/mol. The summed E-state index contributed by atoms with van der Waals surface area (Å²) < 4.78 is 16.8. The van der Waals surface area contributed by atoms with E-state index in [0.29, 0.717) is 19.3 Å². The zero-order valence-electron chi connectivity index (χ0n) is 41.8. The molecular formula is C57H102O6. The molecule has 0 aromatic carbocycles. The van der Waals surface area contributed by atoms with Gasteiger partial charge in [0.2, 0.25) is 0 Å². The number of carbonyl (C=O) groups is 3. The molecule has 0 bridgehead atoms. The molecule has 0 rings (SSSR count). The van der Waals surface area contributed by atoms with Gasteiger partial charge in [0.05, 0.1) is 0 Å². The summed E-state index contributed by atoms with van der Waals surface area (Å²) in [6.45, 7) is 6.57. The summed E-state index contributed by atoms with van der Waals surface area (Å²) in [4.78, 5) is 38.0. The Labute approximate surface area is 390 Å². The number of unbranched alkanes of at least 4 members (excludes halogenated alkanes) is 30. The number of hydrogen-bond acceptors (Lipinski definition) is 6. The van der Waals surface area contributed by atoms with E-state index in [9.17, 15) is 14.4 Å². The highest BCUT2D eigenvalue weighted by Gasteiger charge is 2.19. The highest BCUT2D eigenvalue weighted by molar-refractivity contribution is 5.71. The number of rotatable bonds is 49. The molecule has 1 atom stereocenters. The molecule has 0 fully saturated rings. The van der Waals surface area contributed by atoms with E-state index in [2.05, 4.69) is 69.4 Å². The average Bonchev–Trinajstić information content (AvgIpc) is 3.28. The Kier molecular flexibility index (Phi) is 49.8. The van der Waals surface area contributed by atoms with E-state index in [1.807, 2.05) is 0 Å². The van der Waals surface area contributed by atoms with Crippen LogP contribution in [0.4, 0.5) is 0 Å². The summed E-state index contributed by atoms with van der Waals surface area (Å²) in [5.74, 6) is -0.894. The van der Waals surface area contributed by atoms with E-state index in [4.69, 9.17) is 14.2 Å². The van der Waals surface area contributed by atoms with E-state index in [1.165, 1.54) is 161 Å². The van der Waals surface area contributed by atoms with Gasteiger partial charge in [-0.15, -0.1) is 0 Å². The van der Waals surface area contributed by atoms with Crippen LogP contribution in [0, 0.1) is 0 Å². The van der Waals surface area contributed by atoms with Crippen LogP contribution >= 0.6 is 0 Å². The Bertz CT molecular complexity index is 1110. The zero-order valence-corrected chi connectivity index (χ0v) is 41.8.